The summed E-state index contributed by atoms with van der Waals surface area (Å²) >= 11 is 12.7. The molecular weight excluding hydrogens is 821 g/mol. The zero-order chi connectivity index (χ0) is 42.6. The van der Waals surface area contributed by atoms with Gasteiger partial charge in [-0.25, -0.2) is 9.59 Å². The van der Waals surface area contributed by atoms with Gasteiger partial charge in [-0.1, -0.05) is 35.3 Å². The lowest BCUT2D eigenvalue weighted by molar-refractivity contribution is -0.386. The van der Waals surface area contributed by atoms with E-state index in [2.05, 4.69) is 0 Å². The van der Waals surface area contributed by atoms with E-state index in [4.69, 9.17) is 46.9 Å². The van der Waals surface area contributed by atoms with Crippen molar-refractivity contribution in [2.24, 2.45) is 0 Å². The van der Waals surface area contributed by atoms with Gasteiger partial charge in [0.2, 0.25) is 11.5 Å². The van der Waals surface area contributed by atoms with Gasteiger partial charge in [-0.3, -0.25) is 20.2 Å². The van der Waals surface area contributed by atoms with Crippen LogP contribution in [0.2, 0.25) is 10.0 Å². The van der Waals surface area contributed by atoms with Crippen LogP contribution in [-0.4, -0.2) is 47.2 Å². The molecule has 21 heteroatoms. The second kappa shape index (κ2) is 17.5. The van der Waals surface area contributed by atoms with E-state index in [0.717, 1.165) is 50.2 Å². The number of halogens is 8. The van der Waals surface area contributed by atoms with E-state index in [1.54, 1.807) is 0 Å². The predicted molar refractivity (Wildman–Crippen MR) is 191 cm³/mol. The third kappa shape index (κ3) is 9.95. The van der Waals surface area contributed by atoms with Gasteiger partial charge in [0.25, 0.3) is 0 Å². The summed E-state index contributed by atoms with van der Waals surface area (Å²) in [5.74, 6) is -4.57. The number of ether oxygens (including phenoxy) is 5. The first-order chi connectivity index (χ1) is 26.6. The van der Waals surface area contributed by atoms with Gasteiger partial charge < -0.3 is 23.7 Å². The van der Waals surface area contributed by atoms with E-state index in [1.807, 2.05) is 0 Å². The number of esters is 2. The first-order valence-electron chi connectivity index (χ1n) is 16.3. The molecule has 0 bridgehead atoms. The van der Waals surface area contributed by atoms with E-state index >= 15 is 0 Å². The molecule has 2 unspecified atom stereocenters. The monoisotopic (exact) mass is 848 g/mol. The van der Waals surface area contributed by atoms with Crippen LogP contribution in [-0.2, 0) is 31.4 Å². The van der Waals surface area contributed by atoms with Crippen LogP contribution in [0.25, 0.3) is 22.3 Å². The molecule has 0 saturated carbocycles. The van der Waals surface area contributed by atoms with Gasteiger partial charge in [0.15, 0.2) is 12.2 Å². The Hall–Kier alpha value is -5.82. The first kappa shape index (κ1) is 43.9. The minimum Gasteiger partial charge on any atom is -0.471 e. The van der Waals surface area contributed by atoms with Crippen molar-refractivity contribution in [3.8, 4) is 45.3 Å². The third-order valence-electron chi connectivity index (χ3n) is 7.77. The van der Waals surface area contributed by atoms with Crippen LogP contribution in [0, 0.1) is 20.2 Å². The van der Waals surface area contributed by atoms with Gasteiger partial charge in [-0.15, -0.1) is 0 Å². The van der Waals surface area contributed by atoms with Crippen molar-refractivity contribution >= 4 is 46.5 Å². The molecule has 13 nitrogen and oxygen atoms in total. The second-order valence-electron chi connectivity index (χ2n) is 11.6. The molecule has 0 spiro atoms. The number of hydrogen-bond acceptors (Lipinski definition) is 11. The number of nitrogens with zero attached hydrogens (tertiary/aromatic N) is 2. The maximum atomic E-state index is 13.7. The maximum Gasteiger partial charge on any atom is 0.416 e. The molecule has 0 aliphatic carbocycles. The highest BCUT2D eigenvalue weighted by molar-refractivity contribution is 6.34. The lowest BCUT2D eigenvalue weighted by Gasteiger charge is -2.23. The van der Waals surface area contributed by atoms with Crippen LogP contribution >= 0.6 is 23.2 Å². The Labute approximate surface area is 328 Å². The lowest BCUT2D eigenvalue weighted by atomic mass is 9.99. The van der Waals surface area contributed by atoms with E-state index in [0.29, 0.717) is 24.3 Å². The summed E-state index contributed by atoms with van der Waals surface area (Å²) in [4.78, 5) is 48.0. The lowest BCUT2D eigenvalue weighted by Crippen LogP contribution is -2.26. The summed E-state index contributed by atoms with van der Waals surface area (Å²) < 4.78 is 110. The van der Waals surface area contributed by atoms with Crippen LogP contribution in [0.15, 0.2) is 60.7 Å². The van der Waals surface area contributed by atoms with Gasteiger partial charge in [-0.05, 0) is 64.1 Å². The van der Waals surface area contributed by atoms with E-state index in [-0.39, 0.29) is 24.3 Å². The Kier molecular flexibility index (Phi) is 13.5. The maximum absolute atomic E-state index is 13.7. The van der Waals surface area contributed by atoms with Gasteiger partial charge in [0.1, 0.15) is 11.5 Å². The Morgan fingerprint density at radius 1 is 0.649 bits per heavy atom. The molecule has 0 aliphatic rings. The molecule has 0 fully saturated rings. The molecule has 0 saturated heterocycles. The Balaban J connectivity index is 2.13. The average molecular weight is 850 g/mol. The minimum atomic E-state index is -4.90. The normalized spacial score (nSPS) is 12.6. The summed E-state index contributed by atoms with van der Waals surface area (Å²) in [6, 6.07) is 7.40. The van der Waals surface area contributed by atoms with Gasteiger partial charge in [-0.2, -0.15) is 26.3 Å². The predicted octanol–water partition coefficient (Wildman–Crippen LogP) is 10.6. The molecule has 0 N–H and O–H groups in total. The quantitative estimate of drug-likeness (QED) is 0.0513. The Morgan fingerprint density at radius 3 is 1.28 bits per heavy atom. The largest absolute Gasteiger partial charge is 0.471 e. The van der Waals surface area contributed by atoms with Crippen molar-refractivity contribution in [2.45, 2.75) is 52.3 Å². The van der Waals surface area contributed by atoms with Crippen LogP contribution in [0.4, 0.5) is 37.7 Å². The van der Waals surface area contributed by atoms with Crippen LogP contribution < -0.4 is 14.2 Å². The number of nitro groups is 2. The molecule has 304 valence electrons. The molecule has 0 heterocycles. The van der Waals surface area contributed by atoms with E-state index in [9.17, 15) is 56.2 Å². The fraction of sp³-hybridized carbons (Fsp3) is 0.278. The zero-order valence-electron chi connectivity index (χ0n) is 29.8. The van der Waals surface area contributed by atoms with Crippen LogP contribution in [0.5, 0.6) is 23.0 Å². The fourth-order valence-corrected chi connectivity index (χ4v) is 5.74. The molecule has 0 amide bonds. The number of carbonyl (C=O) groups is 2. The number of hydrogen-bond donors (Lipinski definition) is 0. The van der Waals surface area contributed by atoms with Crippen molar-refractivity contribution in [1.82, 2.24) is 0 Å². The standard InChI is InChI=1S/C36H28Cl2F6N2O11/c1-5-53-33(47)17(3)55-31-25(45(49)50)11-13-27(29(31)21-9-7-19(15-23(21)37)35(39,40)41)57-28-14-12-26(46(51)52)32(56-18(4)34(48)54-6-2)30(28)22-10-8-20(16-24(22)38)36(42,43)44/h7-18H,5-6H2,1-4H3. The van der Waals surface area contributed by atoms with Crippen molar-refractivity contribution in [2.75, 3.05) is 13.2 Å². The van der Waals surface area contributed by atoms with Gasteiger partial charge >= 0.3 is 35.7 Å². The van der Waals surface area contributed by atoms with Crippen molar-refractivity contribution in [3.63, 3.8) is 0 Å². The van der Waals surface area contributed by atoms with Crippen LogP contribution in [0.3, 0.4) is 0 Å². The summed E-state index contributed by atoms with van der Waals surface area (Å²) in [7, 11) is 0. The summed E-state index contributed by atoms with van der Waals surface area (Å²) in [6.45, 7) is 4.97. The molecule has 57 heavy (non-hydrogen) atoms. The van der Waals surface area contributed by atoms with Crippen molar-refractivity contribution in [1.29, 1.82) is 0 Å². The van der Waals surface area contributed by atoms with Crippen molar-refractivity contribution in [3.05, 3.63) is 102 Å². The van der Waals surface area contributed by atoms with Gasteiger partial charge in [0, 0.05) is 33.3 Å². The number of rotatable bonds is 14. The molecule has 4 aromatic rings. The smallest absolute Gasteiger partial charge is 0.416 e. The first-order valence-corrected chi connectivity index (χ1v) is 17.1. The molecule has 0 radical (unpaired) electrons. The number of benzene rings is 4. The summed E-state index contributed by atoms with van der Waals surface area (Å²) in [5, 5.41) is 23.3. The topological polar surface area (TPSA) is 167 Å². The SMILES string of the molecule is CCOC(=O)C(C)Oc1c([N+](=O)[O-])ccc(Oc2ccc([N+](=O)[O-])c(OC(C)C(=O)OCC)c2-c2ccc(C(F)(F)F)cc2Cl)c1-c1ccc(C(F)(F)F)cc1Cl. The number of alkyl halides is 6. The average Bonchev–Trinajstić information content (AvgIpc) is 3.11. The molecule has 4 rings (SSSR count). The fourth-order valence-electron chi connectivity index (χ4n) is 5.19. The van der Waals surface area contributed by atoms with E-state index < -0.39 is 113 Å². The number of carbonyl (C=O) groups excluding carboxylic acids is 2. The summed E-state index contributed by atoms with van der Waals surface area (Å²) in [6.07, 6.45) is -13.0. The molecule has 4 aromatic carbocycles. The molecule has 0 aromatic heterocycles. The highest BCUT2D eigenvalue weighted by Crippen LogP contribution is 2.53. The third-order valence-corrected chi connectivity index (χ3v) is 8.39. The Morgan fingerprint density at radius 2 is 1.00 bits per heavy atom. The van der Waals surface area contributed by atoms with E-state index in [1.165, 1.54) is 13.8 Å². The second-order valence-corrected chi connectivity index (χ2v) is 12.4. The van der Waals surface area contributed by atoms with Gasteiger partial charge in [0.05, 0.1) is 45.3 Å². The minimum absolute atomic E-state index is 0.135. The molecular formula is C36H28Cl2F6N2O11. The zero-order valence-corrected chi connectivity index (χ0v) is 31.3. The molecule has 0 aliphatic heterocycles. The highest BCUT2D eigenvalue weighted by Gasteiger charge is 2.36. The summed E-state index contributed by atoms with van der Waals surface area (Å²) in [5.41, 5.74) is -5.93. The van der Waals surface area contributed by atoms with Crippen molar-refractivity contribution < 1.29 is 69.5 Å². The molecule has 2 atom stereocenters. The highest BCUT2D eigenvalue weighted by atomic mass is 35.5. The Bertz CT molecular complexity index is 2060. The number of nitro benzene ring substituents is 2. The van der Waals surface area contributed by atoms with Crippen LogP contribution in [0.1, 0.15) is 38.8 Å².